The smallest absolute Gasteiger partial charge is 0.326 e. The van der Waals surface area contributed by atoms with E-state index in [0.29, 0.717) is 0 Å². The van der Waals surface area contributed by atoms with Crippen LogP contribution in [-0.4, -0.2) is 59.7 Å². The van der Waals surface area contributed by atoms with Crippen LogP contribution in [0.4, 0.5) is 0 Å². The van der Waals surface area contributed by atoms with E-state index in [1.165, 1.54) is 29.2 Å². The molecule has 0 aromatic heterocycles. The van der Waals surface area contributed by atoms with Gasteiger partial charge in [-0.2, -0.15) is 0 Å². The summed E-state index contributed by atoms with van der Waals surface area (Å²) in [6.07, 6.45) is 3.05. The van der Waals surface area contributed by atoms with Gasteiger partial charge in [0.25, 0.3) is 17.7 Å². The van der Waals surface area contributed by atoms with Gasteiger partial charge in [0.15, 0.2) is 6.61 Å². The highest BCUT2D eigenvalue weighted by Gasteiger charge is 2.37. The molecule has 2 rings (SSSR count). The van der Waals surface area contributed by atoms with Crippen molar-refractivity contribution in [3.63, 3.8) is 0 Å². The molecular weight excluding hydrogens is 395 g/mol. The second kappa shape index (κ2) is 8.83. The number of nitrogens with zero attached hydrogens (tertiary/aromatic N) is 2. The van der Waals surface area contributed by atoms with Gasteiger partial charge in [0.05, 0.1) is 21.2 Å². The highest BCUT2D eigenvalue weighted by atomic mass is 35.5. The Bertz CT molecular complexity index is 786. The molecule has 0 spiro atoms. The van der Waals surface area contributed by atoms with E-state index in [4.69, 9.17) is 27.9 Å². The fourth-order valence-corrected chi connectivity index (χ4v) is 2.75. The highest BCUT2D eigenvalue weighted by molar-refractivity contribution is 6.43. The van der Waals surface area contributed by atoms with Gasteiger partial charge in [-0.05, 0) is 12.1 Å². The summed E-state index contributed by atoms with van der Waals surface area (Å²) in [5, 5.41) is 0.243. The molecule has 142 valence electrons. The van der Waals surface area contributed by atoms with Crippen LogP contribution in [0.2, 0.25) is 10.0 Å². The van der Waals surface area contributed by atoms with Crippen molar-refractivity contribution in [3.05, 3.63) is 58.6 Å². The Morgan fingerprint density at radius 2 is 1.52 bits per heavy atom. The monoisotopic (exact) mass is 410 g/mol. The first kappa shape index (κ1) is 20.7. The average Bonchev–Trinajstić information content (AvgIpc) is 2.84. The molecule has 0 unspecified atom stereocenters. The zero-order chi connectivity index (χ0) is 20.1. The molecule has 0 atom stereocenters. The molecule has 0 N–H and O–H groups in total. The van der Waals surface area contributed by atoms with Crippen LogP contribution in [-0.2, 0) is 14.3 Å². The van der Waals surface area contributed by atoms with Crippen molar-refractivity contribution in [2.75, 3.05) is 26.2 Å². The van der Waals surface area contributed by atoms with Gasteiger partial charge in [-0.1, -0.05) is 35.4 Å². The van der Waals surface area contributed by atoms with E-state index in [2.05, 4.69) is 13.2 Å². The molecule has 0 bridgehead atoms. The van der Waals surface area contributed by atoms with Crippen LogP contribution in [0.25, 0.3) is 0 Å². The lowest BCUT2D eigenvalue weighted by Gasteiger charge is -2.19. The molecule has 27 heavy (non-hydrogen) atoms. The van der Waals surface area contributed by atoms with E-state index in [-0.39, 0.29) is 34.3 Å². The predicted molar refractivity (Wildman–Crippen MR) is 99.8 cm³/mol. The minimum absolute atomic E-state index is 0.0569. The van der Waals surface area contributed by atoms with Crippen molar-refractivity contribution in [2.24, 2.45) is 0 Å². The largest absolute Gasteiger partial charge is 0.454 e. The maximum Gasteiger partial charge on any atom is 0.326 e. The fraction of sp³-hybridized carbons (Fsp3) is 0.222. The number of fused-ring (bicyclic) bond motifs is 1. The number of carbonyl (C=O) groups excluding carboxylic acids is 4. The van der Waals surface area contributed by atoms with Crippen molar-refractivity contribution < 1.29 is 23.9 Å². The number of hydrogen-bond acceptors (Lipinski definition) is 5. The molecule has 9 heteroatoms. The first-order valence-corrected chi connectivity index (χ1v) is 8.56. The molecule has 1 aromatic carbocycles. The van der Waals surface area contributed by atoms with Crippen LogP contribution in [0.5, 0.6) is 0 Å². The third-order valence-electron chi connectivity index (χ3n) is 3.71. The molecule has 1 aliphatic rings. The Morgan fingerprint density at radius 1 is 1.04 bits per heavy atom. The SMILES string of the molecule is C=CCN(CC=C)C(=O)COC(=O)CN1C(=O)c2cc(Cl)c(Cl)cc2C1=O. The molecule has 7 nitrogen and oxygen atoms in total. The number of amides is 3. The highest BCUT2D eigenvalue weighted by Crippen LogP contribution is 2.31. The summed E-state index contributed by atoms with van der Waals surface area (Å²) in [5.74, 6) is -2.72. The third kappa shape index (κ3) is 4.56. The minimum Gasteiger partial charge on any atom is -0.454 e. The van der Waals surface area contributed by atoms with Gasteiger partial charge < -0.3 is 9.64 Å². The van der Waals surface area contributed by atoms with Crippen molar-refractivity contribution in [1.82, 2.24) is 9.80 Å². The second-order valence-electron chi connectivity index (χ2n) is 5.55. The third-order valence-corrected chi connectivity index (χ3v) is 4.43. The van der Waals surface area contributed by atoms with Crippen LogP contribution in [0.15, 0.2) is 37.4 Å². The normalized spacial score (nSPS) is 12.6. The number of rotatable bonds is 8. The molecule has 0 saturated heterocycles. The molecule has 3 amide bonds. The van der Waals surface area contributed by atoms with Crippen LogP contribution >= 0.6 is 23.2 Å². The fourth-order valence-electron chi connectivity index (χ4n) is 2.43. The number of carbonyl (C=O) groups is 4. The molecule has 1 aliphatic heterocycles. The Hall–Kier alpha value is -2.64. The summed E-state index contributed by atoms with van der Waals surface area (Å²) in [6.45, 7) is 6.46. The number of hydrogen-bond donors (Lipinski definition) is 0. The lowest BCUT2D eigenvalue weighted by atomic mass is 10.1. The number of imide groups is 1. The van der Waals surface area contributed by atoms with E-state index in [1.54, 1.807) is 0 Å². The summed E-state index contributed by atoms with van der Waals surface area (Å²) < 4.78 is 4.89. The van der Waals surface area contributed by atoms with Crippen LogP contribution in [0.1, 0.15) is 20.7 Å². The zero-order valence-electron chi connectivity index (χ0n) is 14.2. The molecule has 0 aliphatic carbocycles. The van der Waals surface area contributed by atoms with Gasteiger partial charge in [0, 0.05) is 13.1 Å². The summed E-state index contributed by atoms with van der Waals surface area (Å²) in [6, 6.07) is 2.55. The van der Waals surface area contributed by atoms with Crippen LogP contribution < -0.4 is 0 Å². The van der Waals surface area contributed by atoms with Crippen LogP contribution in [0.3, 0.4) is 0 Å². The summed E-state index contributed by atoms with van der Waals surface area (Å²) >= 11 is 11.7. The molecule has 0 fully saturated rings. The summed E-state index contributed by atoms with van der Waals surface area (Å²) in [4.78, 5) is 50.7. The van der Waals surface area contributed by atoms with E-state index in [0.717, 1.165) is 4.90 Å². The average molecular weight is 411 g/mol. The molecular formula is C18H16Cl2N2O5. The number of esters is 1. The Labute approximate surface area is 165 Å². The van der Waals surface area contributed by atoms with E-state index in [1.807, 2.05) is 0 Å². The van der Waals surface area contributed by atoms with Gasteiger partial charge in [0.2, 0.25) is 0 Å². The molecule has 1 aromatic rings. The van der Waals surface area contributed by atoms with E-state index >= 15 is 0 Å². The molecule has 0 saturated carbocycles. The maximum absolute atomic E-state index is 12.3. The first-order chi connectivity index (χ1) is 12.8. The van der Waals surface area contributed by atoms with Crippen LogP contribution in [0, 0.1) is 0 Å². The van der Waals surface area contributed by atoms with Gasteiger partial charge in [0.1, 0.15) is 6.54 Å². The zero-order valence-corrected chi connectivity index (χ0v) is 15.8. The molecule has 1 heterocycles. The lowest BCUT2D eigenvalue weighted by molar-refractivity contribution is -0.151. The van der Waals surface area contributed by atoms with Crippen molar-refractivity contribution >= 4 is 46.9 Å². The number of halogens is 2. The minimum atomic E-state index is -0.896. The number of benzene rings is 1. The topological polar surface area (TPSA) is 84.0 Å². The molecule has 0 radical (unpaired) electrons. The van der Waals surface area contributed by atoms with Crippen molar-refractivity contribution in [3.8, 4) is 0 Å². The predicted octanol–water partition coefficient (Wildman–Crippen LogP) is 2.33. The Morgan fingerprint density at radius 3 is 1.96 bits per heavy atom. The van der Waals surface area contributed by atoms with Crippen molar-refractivity contribution in [1.29, 1.82) is 0 Å². The quantitative estimate of drug-likeness (QED) is 0.373. The van der Waals surface area contributed by atoms with Gasteiger partial charge in [-0.3, -0.25) is 24.1 Å². The summed E-state index contributed by atoms with van der Waals surface area (Å²) in [5.41, 5.74) is 0.114. The second-order valence-corrected chi connectivity index (χ2v) is 6.36. The first-order valence-electron chi connectivity index (χ1n) is 7.80. The maximum atomic E-state index is 12.3. The standard InChI is InChI=1S/C18H16Cl2N2O5/c1-3-5-21(6-4-2)15(23)10-27-16(24)9-22-17(25)11-7-13(19)14(20)8-12(11)18(22)26/h3-4,7-8H,1-2,5-6,9-10H2. The van der Waals surface area contributed by atoms with Gasteiger partial charge in [-0.15, -0.1) is 13.2 Å². The summed E-state index contributed by atoms with van der Waals surface area (Å²) in [7, 11) is 0. The van der Waals surface area contributed by atoms with Gasteiger partial charge in [-0.25, -0.2) is 0 Å². The van der Waals surface area contributed by atoms with E-state index < -0.39 is 36.8 Å². The van der Waals surface area contributed by atoms with Crippen molar-refractivity contribution in [2.45, 2.75) is 0 Å². The Balaban J connectivity index is 1.99. The van der Waals surface area contributed by atoms with Gasteiger partial charge >= 0.3 is 5.97 Å². The van der Waals surface area contributed by atoms with E-state index in [9.17, 15) is 19.2 Å². The lowest BCUT2D eigenvalue weighted by Crippen LogP contribution is -2.38. The number of ether oxygens (including phenoxy) is 1. The Kier molecular flexibility index (Phi) is 6.76.